The van der Waals surface area contributed by atoms with Crippen LogP contribution in [-0.2, 0) is 4.79 Å². The Morgan fingerprint density at radius 3 is 2.59 bits per heavy atom. The lowest BCUT2D eigenvalue weighted by molar-refractivity contribution is -0.385. The Labute approximate surface area is 94.7 Å². The maximum Gasteiger partial charge on any atom is 0.346 e. The maximum absolute atomic E-state index is 10.9. The van der Waals surface area contributed by atoms with E-state index in [1.54, 1.807) is 0 Å². The van der Waals surface area contributed by atoms with Gasteiger partial charge in [0.1, 0.15) is 5.75 Å². The number of nitro benzene ring substituents is 1. The van der Waals surface area contributed by atoms with Crippen molar-refractivity contribution in [2.75, 3.05) is 6.61 Å². The molecule has 0 aliphatic heterocycles. The van der Waals surface area contributed by atoms with Crippen LogP contribution >= 0.6 is 0 Å². The highest BCUT2D eigenvalue weighted by atomic mass is 16.6. The molecule has 1 amide bonds. The summed E-state index contributed by atoms with van der Waals surface area (Å²) in [7, 11) is 0. The molecule has 0 unspecified atom stereocenters. The van der Waals surface area contributed by atoms with Crippen molar-refractivity contribution in [3.8, 4) is 5.75 Å². The molecule has 0 heterocycles. The molecule has 0 saturated carbocycles. The van der Waals surface area contributed by atoms with Crippen molar-refractivity contribution in [3.05, 3.63) is 33.9 Å². The number of carboxylic acid groups (broad SMARTS) is 1. The van der Waals surface area contributed by atoms with E-state index in [1.807, 2.05) is 0 Å². The summed E-state index contributed by atoms with van der Waals surface area (Å²) in [5.74, 6) is -2.60. The number of hydrogen-bond acceptors (Lipinski definition) is 5. The fourth-order valence-electron chi connectivity index (χ4n) is 1.16. The van der Waals surface area contributed by atoms with E-state index in [1.165, 1.54) is 12.1 Å². The van der Waals surface area contributed by atoms with Crippen molar-refractivity contribution in [3.63, 3.8) is 0 Å². The number of nitro groups is 1. The maximum atomic E-state index is 10.9. The van der Waals surface area contributed by atoms with Crippen molar-refractivity contribution in [1.29, 1.82) is 0 Å². The van der Waals surface area contributed by atoms with Crippen molar-refractivity contribution < 1.29 is 24.4 Å². The van der Waals surface area contributed by atoms with Gasteiger partial charge >= 0.3 is 5.97 Å². The van der Waals surface area contributed by atoms with Crippen LogP contribution in [0.3, 0.4) is 0 Å². The minimum Gasteiger partial charge on any atom is -0.483 e. The Morgan fingerprint density at radius 1 is 1.47 bits per heavy atom. The summed E-state index contributed by atoms with van der Waals surface area (Å²) in [4.78, 5) is 31.1. The van der Waals surface area contributed by atoms with E-state index in [0.29, 0.717) is 0 Å². The number of benzene rings is 1. The highest BCUT2D eigenvalue weighted by Crippen LogP contribution is 2.28. The number of nitrogens with two attached hydrogens (primary N) is 1. The molecule has 0 atom stereocenters. The molecule has 1 aromatic carbocycles. The van der Waals surface area contributed by atoms with Crippen LogP contribution in [0.4, 0.5) is 5.69 Å². The molecule has 0 aromatic heterocycles. The van der Waals surface area contributed by atoms with Crippen LogP contribution in [0.2, 0.25) is 0 Å². The minimum absolute atomic E-state index is 0.273. The predicted molar refractivity (Wildman–Crippen MR) is 54.7 cm³/mol. The average Bonchev–Trinajstić information content (AvgIpc) is 2.25. The van der Waals surface area contributed by atoms with Crippen LogP contribution < -0.4 is 10.5 Å². The van der Waals surface area contributed by atoms with Gasteiger partial charge in [0.25, 0.3) is 11.6 Å². The highest BCUT2D eigenvalue weighted by molar-refractivity contribution is 5.95. The average molecular weight is 240 g/mol. The third-order valence-corrected chi connectivity index (χ3v) is 1.78. The second-order valence-corrected chi connectivity index (χ2v) is 2.97. The lowest BCUT2D eigenvalue weighted by Crippen LogP contribution is -2.21. The topological polar surface area (TPSA) is 133 Å². The van der Waals surface area contributed by atoms with Gasteiger partial charge in [0, 0.05) is 6.07 Å². The predicted octanol–water partition coefficient (Wildman–Crippen LogP) is 0.157. The van der Waals surface area contributed by atoms with Gasteiger partial charge < -0.3 is 15.6 Å². The third-order valence-electron chi connectivity index (χ3n) is 1.78. The molecule has 1 rings (SSSR count). The zero-order chi connectivity index (χ0) is 13.0. The lowest BCUT2D eigenvalue weighted by Gasteiger charge is -2.07. The van der Waals surface area contributed by atoms with E-state index in [2.05, 4.69) is 0 Å². The quantitative estimate of drug-likeness (QED) is 0.556. The van der Waals surface area contributed by atoms with Crippen LogP contribution in [0.5, 0.6) is 5.75 Å². The summed E-state index contributed by atoms with van der Waals surface area (Å²) in [6.07, 6.45) is 0. The summed E-state index contributed by atoms with van der Waals surface area (Å²) >= 11 is 0. The Balaban J connectivity index is 3.20. The fourth-order valence-corrected chi connectivity index (χ4v) is 1.16. The summed E-state index contributed by atoms with van der Waals surface area (Å²) < 4.78 is 4.79. The molecule has 0 aliphatic rings. The molecular weight excluding hydrogens is 232 g/mol. The molecule has 90 valence electrons. The van der Waals surface area contributed by atoms with Gasteiger partial charge in [-0.15, -0.1) is 0 Å². The number of primary amides is 1. The van der Waals surface area contributed by atoms with Crippen LogP contribution in [-0.4, -0.2) is 28.5 Å². The first kappa shape index (κ1) is 12.4. The smallest absolute Gasteiger partial charge is 0.346 e. The van der Waals surface area contributed by atoms with Crippen molar-refractivity contribution in [1.82, 2.24) is 0 Å². The van der Waals surface area contributed by atoms with Gasteiger partial charge in [-0.25, -0.2) is 4.79 Å². The zero-order valence-electron chi connectivity index (χ0n) is 8.45. The van der Waals surface area contributed by atoms with Crippen LogP contribution in [0.1, 0.15) is 10.4 Å². The molecule has 0 spiro atoms. The number of hydrogen-bond donors (Lipinski definition) is 2. The molecule has 8 nitrogen and oxygen atoms in total. The van der Waals surface area contributed by atoms with Crippen molar-refractivity contribution in [2.45, 2.75) is 0 Å². The summed E-state index contributed by atoms with van der Waals surface area (Å²) in [6.45, 7) is -0.554. The van der Waals surface area contributed by atoms with E-state index in [-0.39, 0.29) is 5.75 Å². The first-order valence-corrected chi connectivity index (χ1v) is 4.35. The number of carbonyl (C=O) groups excluding carboxylic acids is 1. The Kier molecular flexibility index (Phi) is 3.60. The fraction of sp³-hybridized carbons (Fsp3) is 0.111. The molecular formula is C9H8N2O6. The van der Waals surface area contributed by atoms with Crippen molar-refractivity contribution in [2.24, 2.45) is 5.73 Å². The van der Waals surface area contributed by atoms with Gasteiger partial charge in [-0.2, -0.15) is 0 Å². The molecule has 1 aromatic rings. The van der Waals surface area contributed by atoms with E-state index >= 15 is 0 Å². The van der Waals surface area contributed by atoms with Gasteiger partial charge in [-0.1, -0.05) is 6.07 Å². The zero-order valence-corrected chi connectivity index (χ0v) is 8.45. The largest absolute Gasteiger partial charge is 0.483 e. The Hall–Kier alpha value is -2.64. The van der Waals surface area contributed by atoms with Gasteiger partial charge in [-0.3, -0.25) is 14.9 Å². The number of carboxylic acids is 1. The van der Waals surface area contributed by atoms with Gasteiger partial charge in [0.15, 0.2) is 12.2 Å². The molecule has 0 radical (unpaired) electrons. The molecule has 8 heteroatoms. The first-order chi connectivity index (χ1) is 7.93. The molecule has 17 heavy (non-hydrogen) atoms. The molecule has 0 fully saturated rings. The van der Waals surface area contributed by atoms with E-state index in [9.17, 15) is 19.7 Å². The van der Waals surface area contributed by atoms with Crippen LogP contribution in [0.25, 0.3) is 0 Å². The number of nitrogens with zero attached hydrogens (tertiary/aromatic N) is 1. The molecule has 0 saturated heterocycles. The van der Waals surface area contributed by atoms with E-state index < -0.39 is 34.7 Å². The van der Waals surface area contributed by atoms with E-state index in [0.717, 1.165) is 6.07 Å². The second kappa shape index (κ2) is 4.92. The normalized spacial score (nSPS) is 9.65. The summed E-state index contributed by atoms with van der Waals surface area (Å²) in [5.41, 5.74) is 3.60. The molecule has 0 bridgehead atoms. The number of rotatable bonds is 5. The van der Waals surface area contributed by atoms with Gasteiger partial charge in [0.2, 0.25) is 0 Å². The highest BCUT2D eigenvalue weighted by Gasteiger charge is 2.24. The standard InChI is InChI=1S/C9H8N2O6/c10-7(12)4-17-6-3-1-2-5(11(15)16)8(6)9(13)14/h1-3H,4H2,(H2,10,12)(H,13,14). The number of ether oxygens (including phenoxy) is 1. The Bertz CT molecular complexity index is 484. The summed E-state index contributed by atoms with van der Waals surface area (Å²) in [5, 5.41) is 19.5. The number of aromatic carboxylic acids is 1. The number of amides is 1. The van der Waals surface area contributed by atoms with Gasteiger partial charge in [0.05, 0.1) is 4.92 Å². The van der Waals surface area contributed by atoms with Gasteiger partial charge in [-0.05, 0) is 6.07 Å². The molecule has 3 N–H and O–H groups in total. The second-order valence-electron chi connectivity index (χ2n) is 2.97. The summed E-state index contributed by atoms with van der Waals surface area (Å²) in [6, 6.07) is 3.49. The lowest BCUT2D eigenvalue weighted by atomic mass is 10.1. The van der Waals surface area contributed by atoms with Crippen molar-refractivity contribution >= 4 is 17.6 Å². The van der Waals surface area contributed by atoms with Crippen LogP contribution in [0, 0.1) is 10.1 Å². The van der Waals surface area contributed by atoms with Crippen LogP contribution in [0.15, 0.2) is 18.2 Å². The molecule has 0 aliphatic carbocycles. The monoisotopic (exact) mass is 240 g/mol. The minimum atomic E-state index is -1.52. The number of carbonyl (C=O) groups is 2. The third kappa shape index (κ3) is 2.91. The SMILES string of the molecule is NC(=O)COc1cccc([N+](=O)[O-])c1C(=O)O. The van der Waals surface area contributed by atoms with E-state index in [4.69, 9.17) is 15.6 Å². The first-order valence-electron chi connectivity index (χ1n) is 4.35. The Morgan fingerprint density at radius 2 is 2.12 bits per heavy atom.